The predicted molar refractivity (Wildman–Crippen MR) is 74.5 cm³/mol. The van der Waals surface area contributed by atoms with Gasteiger partial charge in [-0.15, -0.1) is 10.2 Å². The molecule has 1 aliphatic heterocycles. The number of nitrogens with zero attached hydrogens (tertiary/aromatic N) is 5. The van der Waals surface area contributed by atoms with Gasteiger partial charge in [-0.25, -0.2) is 4.98 Å². The first-order valence-corrected chi connectivity index (χ1v) is 6.95. The van der Waals surface area contributed by atoms with Crippen molar-refractivity contribution < 1.29 is 14.3 Å². The number of carbonyl (C=O) groups excluding carboxylic acids is 1. The number of likely N-dealkylation sites (tertiary alicyclic amines) is 1. The van der Waals surface area contributed by atoms with E-state index in [1.165, 1.54) is 13.4 Å². The molecule has 0 aromatic carbocycles. The van der Waals surface area contributed by atoms with Gasteiger partial charge < -0.3 is 14.4 Å². The maximum Gasteiger partial charge on any atom is 0.291 e. The van der Waals surface area contributed by atoms with Crippen LogP contribution in [0.25, 0.3) is 0 Å². The topological polar surface area (TPSA) is 106 Å². The van der Waals surface area contributed by atoms with Crippen molar-refractivity contribution in [3.63, 3.8) is 0 Å². The van der Waals surface area contributed by atoms with Crippen LogP contribution in [0.4, 0.5) is 0 Å². The number of methoxy groups -OCH3 is 1. The van der Waals surface area contributed by atoms with E-state index in [0.717, 1.165) is 12.8 Å². The van der Waals surface area contributed by atoms with E-state index in [2.05, 4.69) is 25.4 Å². The summed E-state index contributed by atoms with van der Waals surface area (Å²) in [5.41, 5.74) is 0. The number of ether oxygens (including phenoxy) is 2. The van der Waals surface area contributed by atoms with Crippen molar-refractivity contribution in [1.29, 1.82) is 0 Å². The van der Waals surface area contributed by atoms with Gasteiger partial charge in [0.15, 0.2) is 0 Å². The summed E-state index contributed by atoms with van der Waals surface area (Å²) in [5.74, 6) is 0.911. The number of aromatic amines is 1. The quantitative estimate of drug-likeness (QED) is 0.865. The van der Waals surface area contributed by atoms with Gasteiger partial charge in [0.25, 0.3) is 5.91 Å². The van der Waals surface area contributed by atoms with E-state index in [0.29, 0.717) is 24.8 Å². The van der Waals surface area contributed by atoms with E-state index in [-0.39, 0.29) is 17.8 Å². The summed E-state index contributed by atoms with van der Waals surface area (Å²) in [6.45, 7) is 1.15. The number of aromatic nitrogens is 5. The lowest BCUT2D eigenvalue weighted by atomic mass is 10.1. The number of nitrogens with one attached hydrogen (secondary N) is 1. The smallest absolute Gasteiger partial charge is 0.291 e. The Bertz CT molecular complexity index is 615. The van der Waals surface area contributed by atoms with Crippen molar-refractivity contribution >= 4 is 5.91 Å². The van der Waals surface area contributed by atoms with E-state index in [4.69, 9.17) is 9.47 Å². The Labute approximate surface area is 126 Å². The summed E-state index contributed by atoms with van der Waals surface area (Å²) >= 11 is 0. The van der Waals surface area contributed by atoms with Crippen LogP contribution in [0.2, 0.25) is 0 Å². The zero-order chi connectivity index (χ0) is 15.4. The van der Waals surface area contributed by atoms with Gasteiger partial charge >= 0.3 is 0 Å². The molecule has 0 bridgehead atoms. The molecule has 0 saturated carbocycles. The van der Waals surface area contributed by atoms with Gasteiger partial charge in [0.1, 0.15) is 12.4 Å². The minimum atomic E-state index is -0.174. The number of hydrogen-bond acceptors (Lipinski definition) is 7. The molecule has 2 aromatic rings. The monoisotopic (exact) mass is 304 g/mol. The van der Waals surface area contributed by atoms with Gasteiger partial charge in [-0.1, -0.05) is 0 Å². The summed E-state index contributed by atoms with van der Waals surface area (Å²) in [6, 6.07) is 3.38. The third-order valence-electron chi connectivity index (χ3n) is 3.40. The Morgan fingerprint density at radius 2 is 2.18 bits per heavy atom. The Hall–Kier alpha value is -2.71. The molecule has 9 heteroatoms. The van der Waals surface area contributed by atoms with E-state index < -0.39 is 0 Å². The number of rotatable bonds is 4. The highest BCUT2D eigenvalue weighted by molar-refractivity contribution is 5.90. The molecule has 1 amide bonds. The molecule has 1 unspecified atom stereocenters. The van der Waals surface area contributed by atoms with Gasteiger partial charge in [0.05, 0.1) is 13.7 Å². The first-order chi connectivity index (χ1) is 10.8. The lowest BCUT2D eigenvalue weighted by Crippen LogP contribution is -2.44. The molecule has 22 heavy (non-hydrogen) atoms. The van der Waals surface area contributed by atoms with Crippen molar-refractivity contribution in [1.82, 2.24) is 30.3 Å². The predicted octanol–water partition coefficient (Wildman–Crippen LogP) is 0.287. The molecule has 1 N–H and O–H groups in total. The largest absolute Gasteiger partial charge is 0.480 e. The van der Waals surface area contributed by atoms with Crippen LogP contribution in [0.1, 0.15) is 23.5 Å². The molecule has 0 radical (unpaired) electrons. The van der Waals surface area contributed by atoms with Crippen molar-refractivity contribution in [2.45, 2.75) is 18.9 Å². The van der Waals surface area contributed by atoms with Crippen LogP contribution in [-0.4, -0.2) is 62.5 Å². The number of piperidine rings is 1. The minimum Gasteiger partial charge on any atom is -0.480 e. The minimum absolute atomic E-state index is 0.122. The molecule has 0 spiro atoms. The number of hydrogen-bond donors (Lipinski definition) is 1. The highest BCUT2D eigenvalue weighted by Gasteiger charge is 2.27. The Morgan fingerprint density at radius 1 is 1.36 bits per heavy atom. The average molecular weight is 304 g/mol. The van der Waals surface area contributed by atoms with Crippen molar-refractivity contribution in [2.75, 3.05) is 20.2 Å². The Kier molecular flexibility index (Phi) is 4.12. The average Bonchev–Trinajstić information content (AvgIpc) is 3.09. The van der Waals surface area contributed by atoms with E-state index in [9.17, 15) is 4.79 Å². The Morgan fingerprint density at radius 3 is 2.86 bits per heavy atom. The first-order valence-electron chi connectivity index (χ1n) is 6.95. The number of H-pyrrole nitrogens is 1. The number of amides is 1. The van der Waals surface area contributed by atoms with Crippen LogP contribution in [0.5, 0.6) is 11.8 Å². The second-order valence-corrected chi connectivity index (χ2v) is 4.88. The normalized spacial score (nSPS) is 18.0. The van der Waals surface area contributed by atoms with Crippen molar-refractivity contribution in [3.05, 3.63) is 24.3 Å². The standard InChI is InChI=1S/C13H16N6O3/c1-21-10-4-5-11(17-16-10)22-9-3-2-6-19(7-9)13(20)12-14-8-15-18-12/h4-5,8-9H,2-3,6-7H2,1H3,(H,14,15,18). The van der Waals surface area contributed by atoms with Crippen molar-refractivity contribution in [3.8, 4) is 11.8 Å². The van der Waals surface area contributed by atoms with Crippen LogP contribution in [0, 0.1) is 0 Å². The molecular weight excluding hydrogens is 288 g/mol. The maximum absolute atomic E-state index is 12.2. The molecule has 1 atom stereocenters. The fourth-order valence-electron chi connectivity index (χ4n) is 2.33. The third-order valence-corrected chi connectivity index (χ3v) is 3.40. The molecule has 3 heterocycles. The van der Waals surface area contributed by atoms with Crippen molar-refractivity contribution in [2.24, 2.45) is 0 Å². The lowest BCUT2D eigenvalue weighted by Gasteiger charge is -2.31. The van der Waals surface area contributed by atoms with Gasteiger partial charge in [0, 0.05) is 18.7 Å². The maximum atomic E-state index is 12.2. The van der Waals surface area contributed by atoms with Crippen LogP contribution in [0.15, 0.2) is 18.5 Å². The molecule has 116 valence electrons. The summed E-state index contributed by atoms with van der Waals surface area (Å²) < 4.78 is 10.7. The van der Waals surface area contributed by atoms with Gasteiger partial charge in [-0.3, -0.25) is 9.89 Å². The zero-order valence-corrected chi connectivity index (χ0v) is 12.1. The van der Waals surface area contributed by atoms with Crippen LogP contribution >= 0.6 is 0 Å². The van der Waals surface area contributed by atoms with Crippen LogP contribution < -0.4 is 9.47 Å². The molecule has 0 aliphatic carbocycles. The SMILES string of the molecule is COc1ccc(OC2CCCN(C(=O)c3ncn[nH]3)C2)nn1. The molecule has 2 aromatic heterocycles. The highest BCUT2D eigenvalue weighted by Crippen LogP contribution is 2.18. The Balaban J connectivity index is 1.61. The van der Waals surface area contributed by atoms with Gasteiger partial charge in [-0.05, 0) is 12.8 Å². The molecule has 1 fully saturated rings. The van der Waals surface area contributed by atoms with Gasteiger partial charge in [-0.2, -0.15) is 5.10 Å². The van der Waals surface area contributed by atoms with E-state index in [1.807, 2.05) is 0 Å². The molecule has 1 saturated heterocycles. The summed E-state index contributed by atoms with van der Waals surface area (Å²) in [7, 11) is 1.53. The lowest BCUT2D eigenvalue weighted by molar-refractivity contribution is 0.0515. The van der Waals surface area contributed by atoms with Crippen LogP contribution in [0.3, 0.4) is 0 Å². The first kappa shape index (κ1) is 14.2. The van der Waals surface area contributed by atoms with E-state index in [1.54, 1.807) is 17.0 Å². The van der Waals surface area contributed by atoms with E-state index >= 15 is 0 Å². The zero-order valence-electron chi connectivity index (χ0n) is 12.1. The second-order valence-electron chi connectivity index (χ2n) is 4.88. The summed E-state index contributed by atoms with van der Waals surface area (Å²) in [6.07, 6.45) is 2.91. The van der Waals surface area contributed by atoms with Crippen LogP contribution in [-0.2, 0) is 0 Å². The summed E-state index contributed by atoms with van der Waals surface area (Å²) in [5, 5.41) is 14.1. The molecular formula is C13H16N6O3. The number of carbonyl (C=O) groups is 1. The highest BCUT2D eigenvalue weighted by atomic mass is 16.5. The molecule has 1 aliphatic rings. The molecule has 9 nitrogen and oxygen atoms in total. The molecule has 3 rings (SSSR count). The fraction of sp³-hybridized carbons (Fsp3) is 0.462. The fourth-order valence-corrected chi connectivity index (χ4v) is 2.33. The second kappa shape index (κ2) is 6.37. The third kappa shape index (κ3) is 3.13. The summed E-state index contributed by atoms with van der Waals surface area (Å²) in [4.78, 5) is 17.8. The van der Waals surface area contributed by atoms with Gasteiger partial charge in [0.2, 0.25) is 17.6 Å².